The lowest BCUT2D eigenvalue weighted by atomic mass is 10.1. The monoisotopic (exact) mass is 489 g/mol. The number of fused-ring (bicyclic) bond motifs is 1. The molecule has 4 aromatic rings. The van der Waals surface area contributed by atoms with Gasteiger partial charge in [0.25, 0.3) is 0 Å². The minimum Gasteiger partial charge on any atom is -0.462 e. The highest BCUT2D eigenvalue weighted by molar-refractivity contribution is 7.22. The van der Waals surface area contributed by atoms with Crippen LogP contribution < -0.4 is 5.32 Å². The first-order valence-electron chi connectivity index (χ1n) is 11.7. The van der Waals surface area contributed by atoms with Gasteiger partial charge in [0, 0.05) is 31.4 Å². The van der Waals surface area contributed by atoms with E-state index in [1.807, 2.05) is 37.3 Å². The third kappa shape index (κ3) is 5.48. The molecule has 180 valence electrons. The van der Waals surface area contributed by atoms with E-state index in [0.29, 0.717) is 16.8 Å². The molecule has 0 unspecified atom stereocenters. The topological polar surface area (TPSA) is 89.5 Å². The van der Waals surface area contributed by atoms with Crippen molar-refractivity contribution in [3.8, 4) is 11.4 Å². The summed E-state index contributed by atoms with van der Waals surface area (Å²) < 4.78 is 11.8. The summed E-state index contributed by atoms with van der Waals surface area (Å²) in [4.78, 5) is 28.8. The summed E-state index contributed by atoms with van der Waals surface area (Å²) in [7, 11) is 0. The molecule has 1 N–H and O–H groups in total. The zero-order chi connectivity index (χ0) is 24.2. The second kappa shape index (κ2) is 10.5. The van der Waals surface area contributed by atoms with Crippen molar-refractivity contribution < 1.29 is 14.3 Å². The molecule has 0 spiro atoms. The molecule has 0 bridgehead atoms. The Hall–Kier alpha value is -3.40. The highest BCUT2D eigenvalue weighted by atomic mass is 32.1. The number of rotatable bonds is 7. The highest BCUT2D eigenvalue weighted by Crippen LogP contribution is 2.31. The number of benzene rings is 2. The van der Waals surface area contributed by atoms with Gasteiger partial charge >= 0.3 is 5.97 Å². The van der Waals surface area contributed by atoms with Crippen molar-refractivity contribution in [1.29, 1.82) is 0 Å². The lowest BCUT2D eigenvalue weighted by Gasteiger charge is -2.26. The molecule has 1 saturated heterocycles. The van der Waals surface area contributed by atoms with Crippen molar-refractivity contribution in [2.75, 3.05) is 38.2 Å². The first-order chi connectivity index (χ1) is 17.1. The van der Waals surface area contributed by atoms with Gasteiger partial charge in [-0.1, -0.05) is 41.2 Å². The summed E-state index contributed by atoms with van der Waals surface area (Å²) in [5.41, 5.74) is 4.39. The smallest absolute Gasteiger partial charge is 0.343 e. The van der Waals surface area contributed by atoms with Crippen LogP contribution in [-0.4, -0.2) is 58.7 Å². The Bertz CT molecular complexity index is 1350. The summed E-state index contributed by atoms with van der Waals surface area (Å²) in [5.74, 6) is 0.431. The van der Waals surface area contributed by atoms with Crippen LogP contribution in [0, 0.1) is 6.92 Å². The Balaban J connectivity index is 1.44. The zero-order valence-corrected chi connectivity index (χ0v) is 20.6. The lowest BCUT2D eigenvalue weighted by Crippen LogP contribution is -2.35. The Morgan fingerprint density at radius 1 is 1.17 bits per heavy atom. The normalized spacial score (nSPS) is 14.2. The van der Waals surface area contributed by atoms with Crippen LogP contribution in [-0.2, 0) is 16.0 Å². The summed E-state index contributed by atoms with van der Waals surface area (Å²) in [6, 6.07) is 14.3. The molecule has 8 nitrogen and oxygen atoms in total. The standard InChI is InChI=1S/C26H27N5O3S/c1-3-34-25(32)20-15-27-23(19-6-4-5-17(2)13-19)29-24(20)30-26-28-21-8-7-18(14-22(21)35-26)16-31-9-11-33-12-10-31/h4-8,13-15H,3,9-12,16H2,1-2H3,(H,27,28,29,30). The fraction of sp³-hybridized carbons (Fsp3) is 0.308. The molecule has 35 heavy (non-hydrogen) atoms. The van der Waals surface area contributed by atoms with Crippen LogP contribution in [0.5, 0.6) is 0 Å². The number of thiazole rings is 1. The number of aromatic nitrogens is 3. The van der Waals surface area contributed by atoms with Gasteiger partial charge in [-0.3, -0.25) is 4.90 Å². The molecule has 1 aliphatic heterocycles. The fourth-order valence-corrected chi connectivity index (χ4v) is 4.93. The van der Waals surface area contributed by atoms with Gasteiger partial charge in [-0.2, -0.15) is 0 Å². The fourth-order valence-electron chi connectivity index (χ4n) is 4.00. The van der Waals surface area contributed by atoms with Crippen molar-refractivity contribution >= 4 is 38.5 Å². The van der Waals surface area contributed by atoms with Crippen molar-refractivity contribution in [2.45, 2.75) is 20.4 Å². The lowest BCUT2D eigenvalue weighted by molar-refractivity contribution is 0.0342. The molecular weight excluding hydrogens is 462 g/mol. The molecule has 3 heterocycles. The molecular formula is C26H27N5O3S. The van der Waals surface area contributed by atoms with Gasteiger partial charge in [-0.05, 0) is 37.6 Å². The second-order valence-electron chi connectivity index (χ2n) is 8.38. The zero-order valence-electron chi connectivity index (χ0n) is 19.8. The maximum Gasteiger partial charge on any atom is 0.343 e. The SMILES string of the molecule is CCOC(=O)c1cnc(-c2cccc(C)c2)nc1Nc1nc2ccc(CN3CCOCC3)cc2s1. The largest absolute Gasteiger partial charge is 0.462 e. The van der Waals surface area contributed by atoms with Crippen LogP contribution >= 0.6 is 11.3 Å². The number of ether oxygens (including phenoxy) is 2. The number of hydrogen-bond acceptors (Lipinski definition) is 9. The number of nitrogens with one attached hydrogen (secondary N) is 1. The predicted octanol–water partition coefficient (Wildman–Crippen LogP) is 4.81. The molecule has 0 atom stereocenters. The number of morpholine rings is 1. The Labute approximate surface area is 208 Å². The molecule has 0 radical (unpaired) electrons. The minimum atomic E-state index is -0.472. The number of aryl methyl sites for hydroxylation is 1. The first kappa shape index (κ1) is 23.3. The van der Waals surface area contributed by atoms with E-state index in [1.165, 1.54) is 23.1 Å². The van der Waals surface area contributed by atoms with Crippen LogP contribution in [0.2, 0.25) is 0 Å². The molecule has 2 aromatic carbocycles. The van der Waals surface area contributed by atoms with Gasteiger partial charge in [0.1, 0.15) is 5.56 Å². The van der Waals surface area contributed by atoms with E-state index in [4.69, 9.17) is 14.5 Å². The van der Waals surface area contributed by atoms with Gasteiger partial charge in [-0.25, -0.2) is 19.7 Å². The number of anilines is 2. The average molecular weight is 490 g/mol. The van der Waals surface area contributed by atoms with E-state index in [1.54, 1.807) is 6.92 Å². The third-order valence-electron chi connectivity index (χ3n) is 5.75. The summed E-state index contributed by atoms with van der Waals surface area (Å²) >= 11 is 1.53. The molecule has 2 aromatic heterocycles. The van der Waals surface area contributed by atoms with Crippen LogP contribution in [0.3, 0.4) is 0 Å². The van der Waals surface area contributed by atoms with Crippen molar-refractivity contribution in [2.24, 2.45) is 0 Å². The van der Waals surface area contributed by atoms with Crippen LogP contribution in [0.25, 0.3) is 21.6 Å². The quantitative estimate of drug-likeness (QED) is 0.370. The average Bonchev–Trinajstić information content (AvgIpc) is 3.26. The highest BCUT2D eigenvalue weighted by Gasteiger charge is 2.19. The van der Waals surface area contributed by atoms with Crippen LogP contribution in [0.4, 0.5) is 10.9 Å². The molecule has 0 amide bonds. The Kier molecular flexibility index (Phi) is 6.98. The van der Waals surface area contributed by atoms with Gasteiger partial charge in [0.05, 0.1) is 30.0 Å². The van der Waals surface area contributed by atoms with E-state index in [-0.39, 0.29) is 12.2 Å². The predicted molar refractivity (Wildman–Crippen MR) is 137 cm³/mol. The second-order valence-corrected chi connectivity index (χ2v) is 9.41. The van der Waals surface area contributed by atoms with Gasteiger partial charge in [0.15, 0.2) is 16.8 Å². The minimum absolute atomic E-state index is 0.269. The van der Waals surface area contributed by atoms with Crippen molar-refractivity contribution in [1.82, 2.24) is 19.9 Å². The Morgan fingerprint density at radius 2 is 2.03 bits per heavy atom. The number of esters is 1. The molecule has 1 fully saturated rings. The first-order valence-corrected chi connectivity index (χ1v) is 12.5. The number of carbonyl (C=O) groups is 1. The molecule has 0 aliphatic carbocycles. The summed E-state index contributed by atoms with van der Waals surface area (Å²) in [6.45, 7) is 8.40. The van der Waals surface area contributed by atoms with E-state index < -0.39 is 5.97 Å². The van der Waals surface area contributed by atoms with E-state index in [9.17, 15) is 4.79 Å². The third-order valence-corrected chi connectivity index (χ3v) is 6.68. The summed E-state index contributed by atoms with van der Waals surface area (Å²) in [6.07, 6.45) is 1.51. The molecule has 9 heteroatoms. The van der Waals surface area contributed by atoms with Crippen molar-refractivity contribution in [3.05, 3.63) is 65.4 Å². The van der Waals surface area contributed by atoms with Crippen molar-refractivity contribution in [3.63, 3.8) is 0 Å². The number of hydrogen-bond donors (Lipinski definition) is 1. The van der Waals surface area contributed by atoms with Gasteiger partial charge in [0.2, 0.25) is 0 Å². The number of carbonyl (C=O) groups excluding carboxylic acids is 1. The van der Waals surface area contributed by atoms with Crippen LogP contribution in [0.1, 0.15) is 28.4 Å². The summed E-state index contributed by atoms with van der Waals surface area (Å²) in [5, 5.41) is 3.91. The maximum atomic E-state index is 12.6. The number of nitrogens with zero attached hydrogens (tertiary/aromatic N) is 4. The Morgan fingerprint density at radius 3 is 2.83 bits per heavy atom. The molecule has 0 saturated carbocycles. The maximum absolute atomic E-state index is 12.6. The van der Waals surface area contributed by atoms with E-state index in [2.05, 4.69) is 32.3 Å². The molecule has 1 aliphatic rings. The van der Waals surface area contributed by atoms with E-state index >= 15 is 0 Å². The van der Waals surface area contributed by atoms with Crippen LogP contribution in [0.15, 0.2) is 48.7 Å². The van der Waals surface area contributed by atoms with Gasteiger partial charge in [-0.15, -0.1) is 0 Å². The van der Waals surface area contributed by atoms with Gasteiger partial charge < -0.3 is 14.8 Å². The van der Waals surface area contributed by atoms with E-state index in [0.717, 1.165) is 54.2 Å². The molecule has 5 rings (SSSR count).